The highest BCUT2D eigenvalue weighted by molar-refractivity contribution is 6.46. The maximum absolute atomic E-state index is 12.9. The minimum Gasteiger partial charge on any atom is -0.508 e. The first kappa shape index (κ1) is 17.3. The van der Waals surface area contributed by atoms with Crippen LogP contribution < -0.4 is 0 Å². The summed E-state index contributed by atoms with van der Waals surface area (Å²) in [7, 11) is 0. The van der Waals surface area contributed by atoms with Gasteiger partial charge < -0.3 is 15.1 Å². The van der Waals surface area contributed by atoms with E-state index in [1.807, 2.05) is 6.07 Å². The Balaban J connectivity index is 1.90. The van der Waals surface area contributed by atoms with Crippen LogP contribution in [0.4, 0.5) is 0 Å². The third kappa shape index (κ3) is 2.99. The zero-order chi connectivity index (χ0) is 19.0. The lowest BCUT2D eigenvalue weighted by Crippen LogP contribution is -2.37. The van der Waals surface area contributed by atoms with Gasteiger partial charge in [-0.05, 0) is 30.5 Å². The van der Waals surface area contributed by atoms with Crippen LogP contribution in [0.1, 0.15) is 42.9 Å². The van der Waals surface area contributed by atoms with Crippen LogP contribution in [0.3, 0.4) is 0 Å². The molecule has 1 amide bonds. The molecule has 1 aliphatic heterocycles. The number of aliphatic hydroxyl groups is 1. The minimum atomic E-state index is -0.694. The van der Waals surface area contributed by atoms with Gasteiger partial charge >= 0.3 is 0 Å². The van der Waals surface area contributed by atoms with Crippen LogP contribution in [0.2, 0.25) is 0 Å². The van der Waals surface area contributed by atoms with Crippen LogP contribution in [0.5, 0.6) is 5.75 Å². The van der Waals surface area contributed by atoms with Crippen LogP contribution >= 0.6 is 0 Å². The molecule has 2 aromatic rings. The molecule has 2 fully saturated rings. The summed E-state index contributed by atoms with van der Waals surface area (Å²) in [4.78, 5) is 27.4. The SMILES string of the molecule is O=C1C(=O)N(C2CCCC2)C(c2cccc(O)c2)/C1=C(/O)c1ccccc1. The normalized spacial score (nSPS) is 22.5. The van der Waals surface area contributed by atoms with E-state index in [9.17, 15) is 19.8 Å². The lowest BCUT2D eigenvalue weighted by atomic mass is 9.94. The van der Waals surface area contributed by atoms with Crippen molar-refractivity contribution in [2.75, 3.05) is 0 Å². The number of rotatable bonds is 3. The Morgan fingerprint density at radius 3 is 2.33 bits per heavy atom. The highest BCUT2D eigenvalue weighted by atomic mass is 16.3. The number of hydrogen-bond donors (Lipinski definition) is 2. The second-order valence-corrected chi connectivity index (χ2v) is 7.11. The monoisotopic (exact) mass is 363 g/mol. The Labute approximate surface area is 157 Å². The standard InChI is InChI=1S/C22H21NO4/c24-17-12-6-9-15(13-17)19-18(20(25)14-7-2-1-3-8-14)21(26)22(27)23(19)16-10-4-5-11-16/h1-3,6-9,12-13,16,19,24-25H,4-5,10-11H2/b20-18-. The van der Waals surface area contributed by atoms with Gasteiger partial charge in [-0.3, -0.25) is 9.59 Å². The van der Waals surface area contributed by atoms with Gasteiger partial charge in [0.1, 0.15) is 11.5 Å². The molecular formula is C22H21NO4. The van der Waals surface area contributed by atoms with E-state index in [1.54, 1.807) is 53.4 Å². The fourth-order valence-electron chi connectivity index (χ4n) is 4.18. The fourth-order valence-corrected chi connectivity index (χ4v) is 4.18. The molecule has 0 spiro atoms. The predicted molar refractivity (Wildman–Crippen MR) is 101 cm³/mol. The van der Waals surface area contributed by atoms with E-state index in [4.69, 9.17) is 0 Å². The minimum absolute atomic E-state index is 0.0325. The molecule has 2 aliphatic rings. The molecule has 4 rings (SSSR count). The van der Waals surface area contributed by atoms with Crippen molar-refractivity contribution in [1.82, 2.24) is 4.90 Å². The van der Waals surface area contributed by atoms with E-state index in [1.165, 1.54) is 0 Å². The first-order chi connectivity index (χ1) is 13.1. The molecule has 27 heavy (non-hydrogen) atoms. The van der Waals surface area contributed by atoms with Gasteiger partial charge in [-0.1, -0.05) is 55.3 Å². The maximum atomic E-state index is 12.9. The average Bonchev–Trinajstić information content (AvgIpc) is 3.29. The third-order valence-electron chi connectivity index (χ3n) is 5.43. The molecule has 2 N–H and O–H groups in total. The Morgan fingerprint density at radius 1 is 0.963 bits per heavy atom. The topological polar surface area (TPSA) is 77.8 Å². The molecule has 1 atom stereocenters. The van der Waals surface area contributed by atoms with E-state index in [2.05, 4.69) is 0 Å². The summed E-state index contributed by atoms with van der Waals surface area (Å²) in [6.07, 6.45) is 3.71. The van der Waals surface area contributed by atoms with Gasteiger partial charge in [0.2, 0.25) is 0 Å². The fraction of sp³-hybridized carbons (Fsp3) is 0.273. The summed E-state index contributed by atoms with van der Waals surface area (Å²) in [6.45, 7) is 0. The number of phenols is 1. The predicted octanol–water partition coefficient (Wildman–Crippen LogP) is 3.76. The summed E-state index contributed by atoms with van der Waals surface area (Å²) in [5, 5.41) is 20.8. The summed E-state index contributed by atoms with van der Waals surface area (Å²) >= 11 is 0. The van der Waals surface area contributed by atoms with Gasteiger partial charge in [-0.15, -0.1) is 0 Å². The largest absolute Gasteiger partial charge is 0.508 e. The number of carbonyl (C=O) groups is 2. The van der Waals surface area contributed by atoms with E-state index < -0.39 is 17.7 Å². The van der Waals surface area contributed by atoms with Gasteiger partial charge in [0.15, 0.2) is 0 Å². The molecule has 0 bridgehead atoms. The molecule has 5 heteroatoms. The molecule has 2 aromatic carbocycles. The summed E-state index contributed by atoms with van der Waals surface area (Å²) in [5.74, 6) is -1.36. The Bertz CT molecular complexity index is 913. The number of amides is 1. The van der Waals surface area contributed by atoms with E-state index in [0.29, 0.717) is 11.1 Å². The zero-order valence-electron chi connectivity index (χ0n) is 14.8. The molecule has 138 valence electrons. The molecule has 1 unspecified atom stereocenters. The van der Waals surface area contributed by atoms with Gasteiger partial charge in [-0.2, -0.15) is 0 Å². The van der Waals surface area contributed by atoms with Crippen molar-refractivity contribution in [3.8, 4) is 5.75 Å². The number of benzene rings is 2. The van der Waals surface area contributed by atoms with Crippen molar-refractivity contribution in [2.45, 2.75) is 37.8 Å². The quantitative estimate of drug-likeness (QED) is 0.494. The van der Waals surface area contributed by atoms with Crippen molar-refractivity contribution in [2.24, 2.45) is 0 Å². The number of aliphatic hydroxyl groups excluding tert-OH is 1. The van der Waals surface area contributed by atoms with E-state index in [-0.39, 0.29) is 23.1 Å². The van der Waals surface area contributed by atoms with Gasteiger partial charge in [-0.25, -0.2) is 0 Å². The Kier molecular flexibility index (Phi) is 4.44. The van der Waals surface area contributed by atoms with Crippen LogP contribution in [0, 0.1) is 0 Å². The number of ketones is 1. The first-order valence-electron chi connectivity index (χ1n) is 9.22. The summed E-state index contributed by atoms with van der Waals surface area (Å²) in [5.41, 5.74) is 1.20. The van der Waals surface area contributed by atoms with Gasteiger partial charge in [0.25, 0.3) is 11.7 Å². The second-order valence-electron chi connectivity index (χ2n) is 7.11. The van der Waals surface area contributed by atoms with E-state index >= 15 is 0 Å². The summed E-state index contributed by atoms with van der Waals surface area (Å²) < 4.78 is 0. The number of likely N-dealkylation sites (tertiary alicyclic amines) is 1. The van der Waals surface area contributed by atoms with Crippen LogP contribution in [-0.4, -0.2) is 32.8 Å². The van der Waals surface area contributed by atoms with Crippen LogP contribution in [-0.2, 0) is 9.59 Å². The Morgan fingerprint density at radius 2 is 1.67 bits per heavy atom. The van der Waals surface area contributed by atoms with E-state index in [0.717, 1.165) is 25.7 Å². The number of aromatic hydroxyl groups is 1. The maximum Gasteiger partial charge on any atom is 0.295 e. The lowest BCUT2D eigenvalue weighted by molar-refractivity contribution is -0.141. The second kappa shape index (κ2) is 6.91. The zero-order valence-corrected chi connectivity index (χ0v) is 14.8. The van der Waals surface area contributed by atoms with Gasteiger partial charge in [0.05, 0.1) is 11.6 Å². The number of carbonyl (C=O) groups excluding carboxylic acids is 2. The van der Waals surface area contributed by atoms with Crippen molar-refractivity contribution in [1.29, 1.82) is 0 Å². The molecule has 1 aliphatic carbocycles. The molecule has 1 heterocycles. The smallest absolute Gasteiger partial charge is 0.295 e. The van der Waals surface area contributed by atoms with Crippen molar-refractivity contribution in [3.05, 3.63) is 71.3 Å². The molecular weight excluding hydrogens is 342 g/mol. The Hall–Kier alpha value is -3.08. The highest BCUT2D eigenvalue weighted by Gasteiger charge is 2.49. The average molecular weight is 363 g/mol. The molecule has 0 radical (unpaired) electrons. The third-order valence-corrected chi connectivity index (χ3v) is 5.43. The summed E-state index contributed by atoms with van der Waals surface area (Å²) in [6, 6.07) is 14.6. The number of phenolic OH excluding ortho intramolecular Hbond substituents is 1. The molecule has 5 nitrogen and oxygen atoms in total. The van der Waals surface area contributed by atoms with Crippen molar-refractivity contribution >= 4 is 17.4 Å². The number of hydrogen-bond acceptors (Lipinski definition) is 4. The van der Waals surface area contributed by atoms with Crippen molar-refractivity contribution in [3.63, 3.8) is 0 Å². The number of nitrogens with zero attached hydrogens (tertiary/aromatic N) is 1. The van der Waals surface area contributed by atoms with Crippen LogP contribution in [0.25, 0.3) is 5.76 Å². The highest BCUT2D eigenvalue weighted by Crippen LogP contribution is 2.43. The molecule has 1 saturated heterocycles. The first-order valence-corrected chi connectivity index (χ1v) is 9.22. The van der Waals surface area contributed by atoms with Crippen LogP contribution in [0.15, 0.2) is 60.2 Å². The van der Waals surface area contributed by atoms with Crippen molar-refractivity contribution < 1.29 is 19.8 Å². The molecule has 1 saturated carbocycles. The lowest BCUT2D eigenvalue weighted by Gasteiger charge is -2.30. The van der Waals surface area contributed by atoms with Gasteiger partial charge in [0, 0.05) is 11.6 Å². The molecule has 0 aromatic heterocycles. The number of Topliss-reactive ketones (excluding diaryl/α,β-unsaturated/α-hetero) is 1.